The Hall–Kier alpha value is -2.16. The summed E-state index contributed by atoms with van der Waals surface area (Å²) in [6.07, 6.45) is 7.87. The number of piperidine rings is 1. The highest BCUT2D eigenvalue weighted by molar-refractivity contribution is 9.10. The highest BCUT2D eigenvalue weighted by Crippen LogP contribution is 2.45. The molecule has 1 fully saturated rings. The van der Waals surface area contributed by atoms with Crippen LogP contribution in [-0.4, -0.2) is 23.9 Å². The summed E-state index contributed by atoms with van der Waals surface area (Å²) in [6.45, 7) is 1.28. The van der Waals surface area contributed by atoms with Gasteiger partial charge in [-0.2, -0.15) is 9.46 Å². The molecule has 0 N–H and O–H groups in total. The minimum Gasteiger partial charge on any atom is -0.619 e. The summed E-state index contributed by atoms with van der Waals surface area (Å²) in [5, 5.41) is 25.1. The number of hydrogen-bond acceptors (Lipinski definition) is 3. The standard InChI is InChI=1S/C26H24Br2ClN3O3/c27-19-14-18-1-2-21-20(3-4-22(29)25(21)28)24(26(18)32(35)15-19)17-7-9-30(10-8-17)23(33)13-16-5-11-31(34)12-6-16/h3-6,11-12,14-15,17,24H,1-2,7-10,13H2/t24-/m0/s1. The van der Waals surface area contributed by atoms with E-state index in [-0.39, 0.29) is 24.2 Å². The number of fused-ring (bicyclic) bond motifs is 2. The maximum Gasteiger partial charge on any atom is 0.226 e. The van der Waals surface area contributed by atoms with Crippen molar-refractivity contribution in [1.82, 2.24) is 4.90 Å². The molecular formula is C26H24Br2ClN3O3. The number of rotatable bonds is 3. The van der Waals surface area contributed by atoms with Crippen LogP contribution in [0.3, 0.4) is 0 Å². The quantitative estimate of drug-likeness (QED) is 0.310. The van der Waals surface area contributed by atoms with Gasteiger partial charge in [-0.25, -0.2) is 0 Å². The molecule has 2 aromatic heterocycles. The maximum atomic E-state index is 13.2. The Kier molecular flexibility index (Phi) is 7.06. The highest BCUT2D eigenvalue weighted by atomic mass is 79.9. The molecule has 182 valence electrons. The van der Waals surface area contributed by atoms with Crippen LogP contribution < -0.4 is 9.46 Å². The molecule has 1 aliphatic heterocycles. The van der Waals surface area contributed by atoms with Crippen molar-refractivity contribution < 1.29 is 14.3 Å². The zero-order valence-corrected chi connectivity index (χ0v) is 22.9. The van der Waals surface area contributed by atoms with Crippen LogP contribution in [0.1, 0.15) is 46.7 Å². The van der Waals surface area contributed by atoms with Crippen LogP contribution in [0.5, 0.6) is 0 Å². The van der Waals surface area contributed by atoms with Crippen molar-refractivity contribution in [2.75, 3.05) is 13.1 Å². The summed E-state index contributed by atoms with van der Waals surface area (Å²) in [7, 11) is 0. The molecule has 9 heteroatoms. The van der Waals surface area contributed by atoms with Crippen LogP contribution in [0.2, 0.25) is 5.02 Å². The van der Waals surface area contributed by atoms with E-state index in [1.54, 1.807) is 18.3 Å². The SMILES string of the molecule is O=C(Cc1cc[n+]([O-])cc1)N1CCC([C@H]2c3ccc(Cl)c(Br)c3CCc3cc(Br)c[n+]([O-])c32)CC1. The molecular weight excluding hydrogens is 598 g/mol. The second kappa shape index (κ2) is 10.1. The highest BCUT2D eigenvalue weighted by Gasteiger charge is 2.39. The summed E-state index contributed by atoms with van der Waals surface area (Å²) in [6, 6.07) is 9.40. The lowest BCUT2D eigenvalue weighted by molar-refractivity contribution is -0.616. The van der Waals surface area contributed by atoms with Gasteiger partial charge in [0.25, 0.3) is 0 Å². The Morgan fingerprint density at radius 3 is 2.51 bits per heavy atom. The average Bonchev–Trinajstić information content (AvgIpc) is 3.00. The Balaban J connectivity index is 1.42. The molecule has 0 spiro atoms. The third kappa shape index (κ3) is 4.93. The topological polar surface area (TPSA) is 74.2 Å². The number of pyridine rings is 2. The lowest BCUT2D eigenvalue weighted by atomic mass is 9.76. The Morgan fingerprint density at radius 1 is 1.09 bits per heavy atom. The van der Waals surface area contributed by atoms with Gasteiger partial charge in [0.1, 0.15) is 0 Å². The number of halogens is 3. The fourth-order valence-corrected chi connectivity index (χ4v) is 6.70. The summed E-state index contributed by atoms with van der Waals surface area (Å²) < 4.78 is 3.42. The Bertz CT molecular complexity index is 1280. The van der Waals surface area contributed by atoms with E-state index in [9.17, 15) is 15.2 Å². The fourth-order valence-electron chi connectivity index (χ4n) is 5.51. The molecule has 0 saturated carbocycles. The van der Waals surface area contributed by atoms with E-state index < -0.39 is 0 Å². The second-order valence-corrected chi connectivity index (χ2v) is 11.4. The van der Waals surface area contributed by atoms with Gasteiger partial charge >= 0.3 is 0 Å². The van der Waals surface area contributed by atoms with E-state index in [0.29, 0.717) is 22.8 Å². The predicted octanol–water partition coefficient (Wildman–Crippen LogP) is 4.84. The van der Waals surface area contributed by atoms with Gasteiger partial charge in [0.05, 0.1) is 21.8 Å². The summed E-state index contributed by atoms with van der Waals surface area (Å²) in [5.74, 6) is 0.215. The molecule has 1 saturated heterocycles. The average molecular weight is 622 g/mol. The van der Waals surface area contributed by atoms with Crippen LogP contribution >= 0.6 is 43.5 Å². The molecule has 5 rings (SSSR count). The lowest BCUT2D eigenvalue weighted by Crippen LogP contribution is -2.43. The van der Waals surface area contributed by atoms with E-state index in [1.807, 2.05) is 11.0 Å². The number of likely N-dealkylation sites (tertiary alicyclic amines) is 1. The summed E-state index contributed by atoms with van der Waals surface area (Å²) in [4.78, 5) is 14.8. The molecule has 2 aliphatic rings. The smallest absolute Gasteiger partial charge is 0.226 e. The van der Waals surface area contributed by atoms with Crippen molar-refractivity contribution >= 4 is 49.4 Å². The molecule has 6 nitrogen and oxygen atoms in total. The first-order valence-corrected chi connectivity index (χ1v) is 13.6. The van der Waals surface area contributed by atoms with Gasteiger partial charge in [-0.05, 0) is 92.3 Å². The number of aryl methyl sites for hydroxylation is 1. The number of carbonyl (C=O) groups is 1. The van der Waals surface area contributed by atoms with Gasteiger partial charge in [0.15, 0.2) is 18.6 Å². The summed E-state index contributed by atoms with van der Waals surface area (Å²) >= 11 is 13.6. The van der Waals surface area contributed by atoms with Crippen molar-refractivity contribution in [3.63, 3.8) is 0 Å². The lowest BCUT2D eigenvalue weighted by Gasteiger charge is -2.36. The molecule has 3 aromatic rings. The first-order valence-electron chi connectivity index (χ1n) is 11.7. The predicted molar refractivity (Wildman–Crippen MR) is 140 cm³/mol. The number of nitrogens with zero attached hydrogens (tertiary/aromatic N) is 3. The second-order valence-electron chi connectivity index (χ2n) is 9.26. The van der Waals surface area contributed by atoms with Crippen molar-refractivity contribution in [2.45, 2.75) is 38.0 Å². The van der Waals surface area contributed by atoms with Gasteiger partial charge in [-0.3, -0.25) is 4.79 Å². The van der Waals surface area contributed by atoms with Crippen molar-refractivity contribution in [3.05, 3.63) is 101 Å². The van der Waals surface area contributed by atoms with Crippen molar-refractivity contribution in [3.8, 4) is 0 Å². The number of aromatic nitrogens is 2. The molecule has 3 heterocycles. The van der Waals surface area contributed by atoms with Gasteiger partial charge < -0.3 is 15.3 Å². The maximum absolute atomic E-state index is 13.2. The fraction of sp³-hybridized carbons (Fsp3) is 0.346. The zero-order valence-electron chi connectivity index (χ0n) is 18.9. The van der Waals surface area contributed by atoms with Gasteiger partial charge in [0, 0.05) is 35.3 Å². The number of hydrogen-bond donors (Lipinski definition) is 0. The number of amides is 1. The van der Waals surface area contributed by atoms with E-state index in [0.717, 1.165) is 67.3 Å². The molecule has 1 atom stereocenters. The number of carbonyl (C=O) groups excluding carboxylic acids is 1. The summed E-state index contributed by atoms with van der Waals surface area (Å²) in [5.41, 5.74) is 4.99. The van der Waals surface area contributed by atoms with Crippen LogP contribution in [0.15, 0.2) is 57.9 Å². The third-order valence-electron chi connectivity index (χ3n) is 7.22. The largest absolute Gasteiger partial charge is 0.619 e. The van der Waals surface area contributed by atoms with Crippen molar-refractivity contribution in [1.29, 1.82) is 0 Å². The van der Waals surface area contributed by atoms with Crippen LogP contribution in [-0.2, 0) is 24.1 Å². The Morgan fingerprint density at radius 2 is 1.80 bits per heavy atom. The minimum absolute atomic E-state index is 0.0612. The molecule has 35 heavy (non-hydrogen) atoms. The molecule has 1 amide bonds. The molecule has 0 bridgehead atoms. The van der Waals surface area contributed by atoms with Gasteiger partial charge in [-0.15, -0.1) is 0 Å². The number of benzene rings is 1. The zero-order chi connectivity index (χ0) is 24.7. The molecule has 0 radical (unpaired) electrons. The Labute approximate surface area is 225 Å². The first-order chi connectivity index (χ1) is 16.8. The molecule has 1 aromatic carbocycles. The van der Waals surface area contributed by atoms with Crippen LogP contribution in [0.4, 0.5) is 0 Å². The minimum atomic E-state index is -0.0689. The molecule has 0 unspecified atom stereocenters. The van der Waals surface area contributed by atoms with E-state index >= 15 is 0 Å². The van der Waals surface area contributed by atoms with Gasteiger partial charge in [0.2, 0.25) is 11.6 Å². The third-order valence-corrected chi connectivity index (χ3v) is 9.10. The monoisotopic (exact) mass is 619 g/mol. The van der Waals surface area contributed by atoms with E-state index in [2.05, 4.69) is 44.0 Å². The van der Waals surface area contributed by atoms with Crippen LogP contribution in [0.25, 0.3) is 0 Å². The van der Waals surface area contributed by atoms with Gasteiger partial charge in [-0.1, -0.05) is 17.7 Å². The first kappa shape index (κ1) is 24.5. The molecule has 1 aliphatic carbocycles. The van der Waals surface area contributed by atoms with Crippen LogP contribution in [0, 0.1) is 16.3 Å². The normalized spacial score (nSPS) is 18.0. The van der Waals surface area contributed by atoms with E-state index in [4.69, 9.17) is 11.6 Å². The van der Waals surface area contributed by atoms with Crippen molar-refractivity contribution in [2.24, 2.45) is 5.92 Å². The van der Waals surface area contributed by atoms with E-state index in [1.165, 1.54) is 12.4 Å².